The monoisotopic (exact) mass is 379 g/mol. The molecule has 1 aliphatic rings. The fourth-order valence-electron chi connectivity index (χ4n) is 2.76. The first kappa shape index (κ1) is 19.2. The molecule has 1 aliphatic heterocycles. The van der Waals surface area contributed by atoms with Crippen LogP contribution in [-0.2, 0) is 17.5 Å². The molecule has 1 fully saturated rings. The Bertz CT molecular complexity index is 752. The van der Waals surface area contributed by atoms with Crippen molar-refractivity contribution in [1.82, 2.24) is 5.32 Å². The molecule has 2 aromatic carbocycles. The third-order valence-electron chi connectivity index (χ3n) is 4.31. The van der Waals surface area contributed by atoms with E-state index < -0.39 is 11.7 Å². The van der Waals surface area contributed by atoms with Gasteiger partial charge >= 0.3 is 6.18 Å². The molecular formula is C20H20F3NO3. The number of alkyl halides is 3. The lowest BCUT2D eigenvalue weighted by atomic mass is 10.1. The van der Waals surface area contributed by atoms with Crippen LogP contribution in [0.1, 0.15) is 34.3 Å². The van der Waals surface area contributed by atoms with Crippen molar-refractivity contribution in [2.24, 2.45) is 0 Å². The molecule has 3 rings (SSSR count). The van der Waals surface area contributed by atoms with Gasteiger partial charge in [0.25, 0.3) is 5.91 Å². The average molecular weight is 379 g/mol. The number of carbonyl (C=O) groups is 1. The van der Waals surface area contributed by atoms with Crippen molar-refractivity contribution in [3.05, 3.63) is 65.2 Å². The number of carbonyl (C=O) groups excluding carboxylic acids is 1. The SMILES string of the molecule is O=C(NCc1ccc(C(F)(F)F)cc1)c1ccc(OC[C@H]2CCCO2)cc1. The maximum atomic E-state index is 12.5. The molecule has 1 saturated heterocycles. The van der Waals surface area contributed by atoms with Crippen LogP contribution in [0.25, 0.3) is 0 Å². The van der Waals surface area contributed by atoms with E-state index in [0.29, 0.717) is 23.5 Å². The molecule has 1 heterocycles. The van der Waals surface area contributed by atoms with E-state index in [-0.39, 0.29) is 18.6 Å². The number of hydrogen-bond donors (Lipinski definition) is 1. The van der Waals surface area contributed by atoms with Crippen LogP contribution in [-0.4, -0.2) is 25.2 Å². The van der Waals surface area contributed by atoms with Gasteiger partial charge in [0.2, 0.25) is 0 Å². The van der Waals surface area contributed by atoms with Gasteiger partial charge in [0.1, 0.15) is 12.4 Å². The molecule has 0 aliphatic carbocycles. The fraction of sp³-hybridized carbons (Fsp3) is 0.350. The van der Waals surface area contributed by atoms with E-state index >= 15 is 0 Å². The van der Waals surface area contributed by atoms with E-state index in [2.05, 4.69) is 5.32 Å². The van der Waals surface area contributed by atoms with Crippen LogP contribution in [0.2, 0.25) is 0 Å². The van der Waals surface area contributed by atoms with E-state index in [1.807, 2.05) is 0 Å². The standard InChI is InChI=1S/C20H20F3NO3/c21-20(22,23)16-7-3-14(4-8-16)12-24-19(25)15-5-9-17(10-6-15)27-13-18-2-1-11-26-18/h3-10,18H,1-2,11-13H2,(H,24,25)/t18-/m1/s1. The first-order valence-corrected chi connectivity index (χ1v) is 8.70. The van der Waals surface area contributed by atoms with E-state index in [4.69, 9.17) is 9.47 Å². The third kappa shape index (κ3) is 5.47. The summed E-state index contributed by atoms with van der Waals surface area (Å²) >= 11 is 0. The van der Waals surface area contributed by atoms with Crippen molar-refractivity contribution in [2.75, 3.05) is 13.2 Å². The topological polar surface area (TPSA) is 47.6 Å². The molecule has 1 amide bonds. The Morgan fingerprint density at radius 1 is 1.11 bits per heavy atom. The van der Waals surface area contributed by atoms with Crippen molar-refractivity contribution < 1.29 is 27.4 Å². The Morgan fingerprint density at radius 3 is 2.41 bits per heavy atom. The van der Waals surface area contributed by atoms with Crippen LogP contribution >= 0.6 is 0 Å². The van der Waals surface area contributed by atoms with Crippen LogP contribution in [0.4, 0.5) is 13.2 Å². The summed E-state index contributed by atoms with van der Waals surface area (Å²) in [5, 5.41) is 2.69. The Kier molecular flexibility index (Phi) is 6.01. The number of amides is 1. The predicted octanol–water partition coefficient (Wildman–Crippen LogP) is 4.19. The summed E-state index contributed by atoms with van der Waals surface area (Å²) in [6, 6.07) is 11.4. The first-order chi connectivity index (χ1) is 12.9. The minimum atomic E-state index is -4.37. The van der Waals surface area contributed by atoms with Crippen molar-refractivity contribution in [1.29, 1.82) is 0 Å². The number of nitrogens with one attached hydrogen (secondary N) is 1. The van der Waals surface area contributed by atoms with Gasteiger partial charge in [-0.05, 0) is 54.8 Å². The highest BCUT2D eigenvalue weighted by Crippen LogP contribution is 2.29. The van der Waals surface area contributed by atoms with Gasteiger partial charge in [0.05, 0.1) is 11.7 Å². The highest BCUT2D eigenvalue weighted by atomic mass is 19.4. The lowest BCUT2D eigenvalue weighted by Gasteiger charge is -2.12. The molecule has 0 spiro atoms. The molecule has 2 aromatic rings. The summed E-state index contributed by atoms with van der Waals surface area (Å²) in [4.78, 5) is 12.2. The van der Waals surface area contributed by atoms with E-state index in [1.165, 1.54) is 12.1 Å². The van der Waals surface area contributed by atoms with Gasteiger partial charge < -0.3 is 14.8 Å². The molecule has 0 saturated carbocycles. The van der Waals surface area contributed by atoms with Crippen LogP contribution in [0.5, 0.6) is 5.75 Å². The summed E-state index contributed by atoms with van der Waals surface area (Å²) in [6.45, 7) is 1.40. The Balaban J connectivity index is 1.48. The lowest BCUT2D eigenvalue weighted by molar-refractivity contribution is -0.137. The summed E-state index contributed by atoms with van der Waals surface area (Å²) in [6.07, 6.45) is -2.21. The van der Waals surface area contributed by atoms with Gasteiger partial charge in [-0.25, -0.2) is 0 Å². The van der Waals surface area contributed by atoms with Crippen molar-refractivity contribution in [3.63, 3.8) is 0 Å². The molecule has 0 bridgehead atoms. The zero-order valence-electron chi connectivity index (χ0n) is 14.6. The van der Waals surface area contributed by atoms with Crippen LogP contribution in [0, 0.1) is 0 Å². The van der Waals surface area contributed by atoms with Gasteiger partial charge in [-0.1, -0.05) is 12.1 Å². The molecule has 0 aromatic heterocycles. The van der Waals surface area contributed by atoms with Gasteiger partial charge in [-0.15, -0.1) is 0 Å². The van der Waals surface area contributed by atoms with Crippen molar-refractivity contribution in [2.45, 2.75) is 31.7 Å². The van der Waals surface area contributed by atoms with Crippen LogP contribution < -0.4 is 10.1 Å². The molecule has 4 nitrogen and oxygen atoms in total. The largest absolute Gasteiger partial charge is 0.491 e. The minimum Gasteiger partial charge on any atom is -0.491 e. The summed E-state index contributed by atoms with van der Waals surface area (Å²) in [7, 11) is 0. The summed E-state index contributed by atoms with van der Waals surface area (Å²) in [5.74, 6) is 0.352. The molecule has 1 atom stereocenters. The quantitative estimate of drug-likeness (QED) is 0.819. The van der Waals surface area contributed by atoms with Gasteiger partial charge in [-0.2, -0.15) is 13.2 Å². The van der Waals surface area contributed by atoms with E-state index in [1.54, 1.807) is 24.3 Å². The second-order valence-electron chi connectivity index (χ2n) is 6.35. The normalized spacial score (nSPS) is 16.9. The number of halogens is 3. The molecular weight excluding hydrogens is 359 g/mol. The highest BCUT2D eigenvalue weighted by molar-refractivity contribution is 5.94. The number of hydrogen-bond acceptors (Lipinski definition) is 3. The van der Waals surface area contributed by atoms with Gasteiger partial charge in [0.15, 0.2) is 0 Å². The maximum absolute atomic E-state index is 12.5. The Labute approximate surface area is 155 Å². The second kappa shape index (κ2) is 8.43. The smallest absolute Gasteiger partial charge is 0.416 e. The second-order valence-corrected chi connectivity index (χ2v) is 6.35. The zero-order chi connectivity index (χ0) is 19.3. The summed E-state index contributed by atoms with van der Waals surface area (Å²) in [5.41, 5.74) is 0.329. The maximum Gasteiger partial charge on any atom is 0.416 e. The molecule has 27 heavy (non-hydrogen) atoms. The van der Waals surface area contributed by atoms with E-state index in [0.717, 1.165) is 31.6 Å². The minimum absolute atomic E-state index is 0.122. The number of rotatable bonds is 6. The third-order valence-corrected chi connectivity index (χ3v) is 4.31. The van der Waals surface area contributed by atoms with Crippen molar-refractivity contribution in [3.8, 4) is 5.75 Å². The fourth-order valence-corrected chi connectivity index (χ4v) is 2.76. The zero-order valence-corrected chi connectivity index (χ0v) is 14.6. The first-order valence-electron chi connectivity index (χ1n) is 8.70. The van der Waals surface area contributed by atoms with E-state index in [9.17, 15) is 18.0 Å². The highest BCUT2D eigenvalue weighted by Gasteiger charge is 2.29. The molecule has 0 radical (unpaired) electrons. The van der Waals surface area contributed by atoms with Gasteiger partial charge in [-0.3, -0.25) is 4.79 Å². The van der Waals surface area contributed by atoms with Crippen LogP contribution in [0.15, 0.2) is 48.5 Å². The van der Waals surface area contributed by atoms with Crippen LogP contribution in [0.3, 0.4) is 0 Å². The number of benzene rings is 2. The predicted molar refractivity (Wildman–Crippen MR) is 93.5 cm³/mol. The molecule has 0 unspecified atom stereocenters. The Hall–Kier alpha value is -2.54. The summed E-state index contributed by atoms with van der Waals surface area (Å²) < 4.78 is 48.8. The molecule has 144 valence electrons. The molecule has 1 N–H and O–H groups in total. The van der Waals surface area contributed by atoms with Crippen molar-refractivity contribution >= 4 is 5.91 Å². The number of ether oxygens (including phenoxy) is 2. The Morgan fingerprint density at radius 2 is 1.81 bits per heavy atom. The van der Waals surface area contributed by atoms with Gasteiger partial charge in [0, 0.05) is 18.7 Å². The lowest BCUT2D eigenvalue weighted by Crippen LogP contribution is -2.22. The molecule has 7 heteroatoms. The average Bonchev–Trinajstić information content (AvgIpc) is 3.18.